The number of unbranched alkanes of at least 4 members (excludes halogenated alkanes) is 4. The fourth-order valence-electron chi connectivity index (χ4n) is 1.71. The molecule has 0 aliphatic heterocycles. The third-order valence-corrected chi connectivity index (χ3v) is 3.05. The van der Waals surface area contributed by atoms with Crippen LogP contribution in [0.3, 0.4) is 0 Å². The Labute approximate surface area is 99.7 Å². The van der Waals surface area contributed by atoms with Crippen molar-refractivity contribution in [2.75, 3.05) is 13.2 Å². The van der Waals surface area contributed by atoms with Crippen LogP contribution in [-0.2, 0) is 9.53 Å². The van der Waals surface area contributed by atoms with Crippen molar-refractivity contribution < 1.29 is 9.53 Å². The van der Waals surface area contributed by atoms with E-state index in [0.29, 0.717) is 13.2 Å². The van der Waals surface area contributed by atoms with Crippen LogP contribution in [0.2, 0.25) is 0 Å². The van der Waals surface area contributed by atoms with Gasteiger partial charge in [0.15, 0.2) is 0 Å². The topological polar surface area (TPSA) is 52.3 Å². The van der Waals surface area contributed by atoms with E-state index in [-0.39, 0.29) is 5.97 Å². The van der Waals surface area contributed by atoms with Crippen LogP contribution in [0.1, 0.15) is 59.3 Å². The largest absolute Gasteiger partial charge is 0.466 e. The van der Waals surface area contributed by atoms with Gasteiger partial charge in [-0.3, -0.25) is 4.79 Å². The minimum Gasteiger partial charge on any atom is -0.466 e. The van der Waals surface area contributed by atoms with Crippen molar-refractivity contribution in [3.05, 3.63) is 0 Å². The number of carbonyl (C=O) groups is 1. The van der Waals surface area contributed by atoms with Crippen molar-refractivity contribution in [2.24, 2.45) is 11.1 Å². The number of rotatable bonds is 9. The van der Waals surface area contributed by atoms with Gasteiger partial charge in [-0.1, -0.05) is 39.0 Å². The Morgan fingerprint density at radius 2 is 1.81 bits per heavy atom. The number of ether oxygens (including phenoxy) is 1. The van der Waals surface area contributed by atoms with Crippen LogP contribution in [-0.4, -0.2) is 19.1 Å². The molecule has 1 atom stereocenters. The van der Waals surface area contributed by atoms with E-state index in [9.17, 15) is 4.79 Å². The maximum Gasteiger partial charge on any atom is 0.313 e. The molecule has 0 aromatic heterocycles. The average molecular weight is 229 g/mol. The predicted octanol–water partition coefficient (Wildman–Crippen LogP) is 2.88. The third kappa shape index (κ3) is 5.50. The molecule has 0 rings (SSSR count). The first-order chi connectivity index (χ1) is 7.60. The van der Waals surface area contributed by atoms with E-state index >= 15 is 0 Å². The summed E-state index contributed by atoms with van der Waals surface area (Å²) in [5.74, 6) is -0.145. The van der Waals surface area contributed by atoms with Gasteiger partial charge in [0.25, 0.3) is 0 Å². The molecule has 0 aliphatic rings. The molecular weight excluding hydrogens is 202 g/mol. The van der Waals surface area contributed by atoms with Crippen LogP contribution < -0.4 is 5.73 Å². The summed E-state index contributed by atoms with van der Waals surface area (Å²) in [5, 5.41) is 0. The lowest BCUT2D eigenvalue weighted by Gasteiger charge is -2.25. The van der Waals surface area contributed by atoms with E-state index < -0.39 is 5.41 Å². The lowest BCUT2D eigenvalue weighted by molar-refractivity contribution is -0.154. The quantitative estimate of drug-likeness (QED) is 0.488. The van der Waals surface area contributed by atoms with Crippen LogP contribution in [0.4, 0.5) is 0 Å². The molecule has 0 bridgehead atoms. The zero-order valence-corrected chi connectivity index (χ0v) is 11.1. The zero-order chi connectivity index (χ0) is 12.4. The molecule has 2 N–H and O–H groups in total. The molecule has 96 valence electrons. The number of nitrogens with two attached hydrogens (primary N) is 1. The first kappa shape index (κ1) is 15.4. The van der Waals surface area contributed by atoms with E-state index in [1.807, 2.05) is 13.8 Å². The normalized spacial score (nSPS) is 14.5. The standard InChI is InChI=1S/C13H27NO2/c1-4-6-7-8-9-10-13(3,11-14)12(15)16-5-2/h4-11,14H2,1-3H3. The predicted molar refractivity (Wildman–Crippen MR) is 67.2 cm³/mol. The van der Waals surface area contributed by atoms with Gasteiger partial charge < -0.3 is 10.5 Å². The highest BCUT2D eigenvalue weighted by molar-refractivity contribution is 5.76. The molecule has 16 heavy (non-hydrogen) atoms. The van der Waals surface area contributed by atoms with Crippen molar-refractivity contribution >= 4 is 5.97 Å². The molecule has 0 aromatic rings. The first-order valence-electron chi connectivity index (χ1n) is 6.48. The second-order valence-corrected chi connectivity index (χ2v) is 4.65. The summed E-state index contributed by atoms with van der Waals surface area (Å²) < 4.78 is 5.06. The number of hydrogen-bond donors (Lipinski definition) is 1. The molecule has 0 amide bonds. The Kier molecular flexibility index (Phi) is 8.26. The van der Waals surface area contributed by atoms with Crippen LogP contribution in [0, 0.1) is 5.41 Å². The summed E-state index contributed by atoms with van der Waals surface area (Å²) in [7, 11) is 0. The average Bonchev–Trinajstić information content (AvgIpc) is 2.28. The van der Waals surface area contributed by atoms with Gasteiger partial charge in [0.1, 0.15) is 0 Å². The van der Waals surface area contributed by atoms with E-state index in [4.69, 9.17) is 10.5 Å². The number of hydrogen-bond acceptors (Lipinski definition) is 3. The molecule has 0 aromatic carbocycles. The minimum atomic E-state index is -0.484. The van der Waals surface area contributed by atoms with Crippen LogP contribution in [0.15, 0.2) is 0 Å². The lowest BCUT2D eigenvalue weighted by Crippen LogP contribution is -2.37. The van der Waals surface area contributed by atoms with Crippen molar-refractivity contribution in [1.82, 2.24) is 0 Å². The summed E-state index contributed by atoms with van der Waals surface area (Å²) in [4.78, 5) is 11.7. The summed E-state index contributed by atoms with van der Waals surface area (Å²) in [6, 6.07) is 0. The van der Waals surface area contributed by atoms with Crippen molar-refractivity contribution in [1.29, 1.82) is 0 Å². The molecular formula is C13H27NO2. The SMILES string of the molecule is CCCCCCCC(C)(CN)C(=O)OCC. The molecule has 0 saturated heterocycles. The zero-order valence-electron chi connectivity index (χ0n) is 11.1. The number of esters is 1. The van der Waals surface area contributed by atoms with Gasteiger partial charge in [-0.2, -0.15) is 0 Å². The lowest BCUT2D eigenvalue weighted by atomic mass is 9.84. The molecule has 0 fully saturated rings. The van der Waals surface area contributed by atoms with Gasteiger partial charge >= 0.3 is 5.97 Å². The van der Waals surface area contributed by atoms with Crippen molar-refractivity contribution in [3.63, 3.8) is 0 Å². The van der Waals surface area contributed by atoms with E-state index in [1.165, 1.54) is 25.7 Å². The summed E-state index contributed by atoms with van der Waals surface area (Å²) >= 11 is 0. The summed E-state index contributed by atoms with van der Waals surface area (Å²) in [5.41, 5.74) is 5.19. The Hall–Kier alpha value is -0.570. The van der Waals surface area contributed by atoms with E-state index in [0.717, 1.165) is 12.8 Å². The fraction of sp³-hybridized carbons (Fsp3) is 0.923. The van der Waals surface area contributed by atoms with Gasteiger partial charge in [-0.25, -0.2) is 0 Å². The maximum absolute atomic E-state index is 11.7. The molecule has 1 unspecified atom stereocenters. The van der Waals surface area contributed by atoms with Crippen LogP contribution in [0.5, 0.6) is 0 Å². The Balaban J connectivity index is 3.92. The van der Waals surface area contributed by atoms with E-state index in [1.54, 1.807) is 0 Å². The highest BCUT2D eigenvalue weighted by atomic mass is 16.5. The third-order valence-electron chi connectivity index (χ3n) is 3.05. The Morgan fingerprint density at radius 1 is 1.19 bits per heavy atom. The van der Waals surface area contributed by atoms with Crippen molar-refractivity contribution in [3.8, 4) is 0 Å². The van der Waals surface area contributed by atoms with Gasteiger partial charge in [0.05, 0.1) is 12.0 Å². The summed E-state index contributed by atoms with van der Waals surface area (Å²) in [6.07, 6.45) is 6.85. The van der Waals surface area contributed by atoms with Gasteiger partial charge in [0, 0.05) is 6.54 Å². The maximum atomic E-state index is 11.7. The highest BCUT2D eigenvalue weighted by Crippen LogP contribution is 2.25. The molecule has 0 aliphatic carbocycles. The van der Waals surface area contributed by atoms with Gasteiger partial charge in [-0.05, 0) is 20.3 Å². The molecule has 3 nitrogen and oxygen atoms in total. The van der Waals surface area contributed by atoms with Crippen LogP contribution >= 0.6 is 0 Å². The molecule has 0 spiro atoms. The molecule has 0 radical (unpaired) electrons. The molecule has 0 heterocycles. The highest BCUT2D eigenvalue weighted by Gasteiger charge is 2.32. The monoisotopic (exact) mass is 229 g/mol. The van der Waals surface area contributed by atoms with Crippen molar-refractivity contribution in [2.45, 2.75) is 59.3 Å². The smallest absolute Gasteiger partial charge is 0.313 e. The number of carbonyl (C=O) groups excluding carboxylic acids is 1. The van der Waals surface area contributed by atoms with Crippen LogP contribution in [0.25, 0.3) is 0 Å². The Bertz CT molecular complexity index is 194. The van der Waals surface area contributed by atoms with E-state index in [2.05, 4.69) is 6.92 Å². The molecule has 0 saturated carbocycles. The van der Waals surface area contributed by atoms with Gasteiger partial charge in [-0.15, -0.1) is 0 Å². The first-order valence-corrected chi connectivity index (χ1v) is 6.48. The second kappa shape index (κ2) is 8.57. The second-order valence-electron chi connectivity index (χ2n) is 4.65. The fourth-order valence-corrected chi connectivity index (χ4v) is 1.71. The molecule has 3 heteroatoms. The minimum absolute atomic E-state index is 0.145. The summed E-state index contributed by atoms with van der Waals surface area (Å²) in [6.45, 7) is 6.74. The Morgan fingerprint density at radius 3 is 2.31 bits per heavy atom. The van der Waals surface area contributed by atoms with Gasteiger partial charge in [0.2, 0.25) is 0 Å².